The molecule has 2 aliphatic heterocycles. The van der Waals surface area contributed by atoms with Crippen LogP contribution in [0.25, 0.3) is 0 Å². The molecule has 0 aromatic heterocycles. The summed E-state index contributed by atoms with van der Waals surface area (Å²) >= 11 is 0. The summed E-state index contributed by atoms with van der Waals surface area (Å²) in [6, 6.07) is 0. The van der Waals surface area contributed by atoms with Crippen LogP contribution in [0.4, 0.5) is 0 Å². The fourth-order valence-corrected chi connectivity index (χ4v) is 2.38. The van der Waals surface area contributed by atoms with Gasteiger partial charge in [0.15, 0.2) is 0 Å². The molecule has 0 unspecified atom stereocenters. The highest BCUT2D eigenvalue weighted by Crippen LogP contribution is 2.38. The lowest BCUT2D eigenvalue weighted by Crippen LogP contribution is -2.58. The normalized spacial score (nSPS) is 32.2. The predicted molar refractivity (Wildman–Crippen MR) is 42.5 cm³/mol. The second-order valence-corrected chi connectivity index (χ2v) is 4.13. The molecule has 3 nitrogen and oxygen atoms in total. The highest BCUT2D eigenvalue weighted by molar-refractivity contribution is 4.95. The molecule has 0 saturated carbocycles. The van der Waals surface area contributed by atoms with Crippen LogP contribution in [0.1, 0.15) is 12.8 Å². The topological polar surface area (TPSA) is 26.7 Å². The Morgan fingerprint density at radius 3 is 2.18 bits per heavy atom. The molecule has 2 rings (SSSR count). The van der Waals surface area contributed by atoms with E-state index in [0.717, 1.165) is 13.1 Å². The summed E-state index contributed by atoms with van der Waals surface area (Å²) in [4.78, 5) is 2.35. The molecule has 0 atom stereocenters. The standard InChI is InChI=1S/C8H16N2O/c1-9-6-8(7-9)2-4-10(11)5-3-8/h11H,2-7H2,1H3. The van der Waals surface area contributed by atoms with Gasteiger partial charge in [-0.1, -0.05) is 0 Å². The molecule has 0 bridgehead atoms. The molecule has 2 saturated heterocycles. The monoisotopic (exact) mass is 156 g/mol. The molecule has 0 aromatic carbocycles. The summed E-state index contributed by atoms with van der Waals surface area (Å²) in [6.45, 7) is 4.21. The van der Waals surface area contributed by atoms with Gasteiger partial charge in [-0.15, -0.1) is 0 Å². The highest BCUT2D eigenvalue weighted by Gasteiger charge is 2.42. The molecule has 64 valence electrons. The summed E-state index contributed by atoms with van der Waals surface area (Å²) in [5.74, 6) is 0. The Morgan fingerprint density at radius 1 is 1.18 bits per heavy atom. The van der Waals surface area contributed by atoms with Gasteiger partial charge in [0, 0.05) is 26.2 Å². The van der Waals surface area contributed by atoms with E-state index in [1.165, 1.54) is 31.0 Å². The average molecular weight is 156 g/mol. The van der Waals surface area contributed by atoms with Gasteiger partial charge in [0.1, 0.15) is 0 Å². The van der Waals surface area contributed by atoms with Crippen molar-refractivity contribution in [3.8, 4) is 0 Å². The molecular weight excluding hydrogens is 140 g/mol. The van der Waals surface area contributed by atoms with Crippen LogP contribution in [0.3, 0.4) is 0 Å². The van der Waals surface area contributed by atoms with Crippen LogP contribution in [-0.2, 0) is 0 Å². The van der Waals surface area contributed by atoms with Gasteiger partial charge in [-0.2, -0.15) is 5.06 Å². The van der Waals surface area contributed by atoms with Gasteiger partial charge >= 0.3 is 0 Å². The third-order valence-electron chi connectivity index (χ3n) is 3.01. The van der Waals surface area contributed by atoms with E-state index in [2.05, 4.69) is 11.9 Å². The molecule has 1 spiro atoms. The van der Waals surface area contributed by atoms with Crippen molar-refractivity contribution < 1.29 is 5.21 Å². The van der Waals surface area contributed by atoms with Crippen molar-refractivity contribution in [1.82, 2.24) is 9.96 Å². The third kappa shape index (κ3) is 1.28. The fraction of sp³-hybridized carbons (Fsp3) is 1.00. The smallest absolute Gasteiger partial charge is 0.0244 e. The number of piperidine rings is 1. The fourth-order valence-electron chi connectivity index (χ4n) is 2.38. The van der Waals surface area contributed by atoms with Crippen molar-refractivity contribution in [2.75, 3.05) is 33.2 Å². The van der Waals surface area contributed by atoms with Crippen LogP contribution in [0, 0.1) is 5.41 Å². The van der Waals surface area contributed by atoms with Gasteiger partial charge in [-0.05, 0) is 25.3 Å². The van der Waals surface area contributed by atoms with E-state index in [1.807, 2.05) is 0 Å². The molecule has 2 fully saturated rings. The summed E-state index contributed by atoms with van der Waals surface area (Å²) < 4.78 is 0. The molecule has 0 aliphatic carbocycles. The van der Waals surface area contributed by atoms with Gasteiger partial charge in [-0.3, -0.25) is 0 Å². The molecule has 0 radical (unpaired) electrons. The lowest BCUT2D eigenvalue weighted by Gasteiger charge is -2.52. The molecule has 0 aromatic rings. The van der Waals surface area contributed by atoms with E-state index in [0.29, 0.717) is 5.41 Å². The van der Waals surface area contributed by atoms with E-state index < -0.39 is 0 Å². The second-order valence-electron chi connectivity index (χ2n) is 4.13. The zero-order valence-electron chi connectivity index (χ0n) is 7.08. The number of hydroxylamine groups is 2. The summed E-state index contributed by atoms with van der Waals surface area (Å²) in [5, 5.41) is 10.6. The molecule has 1 N–H and O–H groups in total. The van der Waals surface area contributed by atoms with Gasteiger partial charge in [-0.25, -0.2) is 0 Å². The Hall–Kier alpha value is -0.120. The first-order valence-electron chi connectivity index (χ1n) is 4.33. The third-order valence-corrected chi connectivity index (χ3v) is 3.01. The van der Waals surface area contributed by atoms with Gasteiger partial charge in [0.2, 0.25) is 0 Å². The first-order valence-corrected chi connectivity index (χ1v) is 4.33. The number of rotatable bonds is 0. The lowest BCUT2D eigenvalue weighted by atomic mass is 9.73. The van der Waals surface area contributed by atoms with Crippen LogP contribution in [-0.4, -0.2) is 48.4 Å². The Balaban J connectivity index is 1.88. The van der Waals surface area contributed by atoms with Crippen molar-refractivity contribution in [3.05, 3.63) is 0 Å². The SMILES string of the molecule is CN1CC2(CCN(O)CC2)C1. The number of hydrogen-bond acceptors (Lipinski definition) is 3. The number of nitrogens with zero attached hydrogens (tertiary/aromatic N) is 2. The first kappa shape index (κ1) is 7.53. The number of hydrogen-bond donors (Lipinski definition) is 1. The maximum Gasteiger partial charge on any atom is 0.0244 e. The minimum absolute atomic E-state index is 0.577. The zero-order valence-corrected chi connectivity index (χ0v) is 7.08. The van der Waals surface area contributed by atoms with E-state index in [1.54, 1.807) is 0 Å². The van der Waals surface area contributed by atoms with Crippen molar-refractivity contribution in [2.45, 2.75) is 12.8 Å². The van der Waals surface area contributed by atoms with E-state index in [4.69, 9.17) is 5.21 Å². The average Bonchev–Trinajstić information content (AvgIpc) is 1.92. The maximum absolute atomic E-state index is 9.15. The van der Waals surface area contributed by atoms with E-state index >= 15 is 0 Å². The molecular formula is C8H16N2O. The van der Waals surface area contributed by atoms with Crippen LogP contribution in [0.5, 0.6) is 0 Å². The Labute approximate surface area is 67.6 Å². The lowest BCUT2D eigenvalue weighted by molar-refractivity contribution is -0.148. The second kappa shape index (κ2) is 2.44. The quantitative estimate of drug-likeness (QED) is 0.550. The Kier molecular flexibility index (Phi) is 1.67. The largest absolute Gasteiger partial charge is 0.314 e. The van der Waals surface area contributed by atoms with Crippen molar-refractivity contribution in [1.29, 1.82) is 0 Å². The van der Waals surface area contributed by atoms with Crippen molar-refractivity contribution in [2.24, 2.45) is 5.41 Å². The van der Waals surface area contributed by atoms with E-state index in [-0.39, 0.29) is 0 Å². The van der Waals surface area contributed by atoms with Gasteiger partial charge < -0.3 is 10.1 Å². The number of likely N-dealkylation sites (tertiary alicyclic amines) is 1. The summed E-state index contributed by atoms with van der Waals surface area (Å²) in [7, 11) is 2.16. The van der Waals surface area contributed by atoms with Crippen LogP contribution >= 0.6 is 0 Å². The Bertz CT molecular complexity index is 144. The molecule has 2 aliphatic rings. The molecule has 2 heterocycles. The van der Waals surface area contributed by atoms with E-state index in [9.17, 15) is 0 Å². The van der Waals surface area contributed by atoms with Crippen LogP contribution in [0.15, 0.2) is 0 Å². The maximum atomic E-state index is 9.15. The summed E-state index contributed by atoms with van der Waals surface area (Å²) in [6.07, 6.45) is 2.35. The Morgan fingerprint density at radius 2 is 1.73 bits per heavy atom. The predicted octanol–water partition coefficient (Wildman–Crippen LogP) is 0.403. The summed E-state index contributed by atoms with van der Waals surface area (Å²) in [5.41, 5.74) is 0.577. The molecule has 3 heteroatoms. The van der Waals surface area contributed by atoms with Crippen molar-refractivity contribution >= 4 is 0 Å². The van der Waals surface area contributed by atoms with Gasteiger partial charge in [0.25, 0.3) is 0 Å². The van der Waals surface area contributed by atoms with Gasteiger partial charge in [0.05, 0.1) is 0 Å². The molecule has 11 heavy (non-hydrogen) atoms. The first-order chi connectivity index (χ1) is 5.20. The van der Waals surface area contributed by atoms with Crippen LogP contribution < -0.4 is 0 Å². The minimum atomic E-state index is 0.577. The van der Waals surface area contributed by atoms with Crippen LogP contribution in [0.2, 0.25) is 0 Å². The molecule has 0 amide bonds. The minimum Gasteiger partial charge on any atom is -0.314 e. The highest BCUT2D eigenvalue weighted by atomic mass is 16.5. The van der Waals surface area contributed by atoms with Crippen molar-refractivity contribution in [3.63, 3.8) is 0 Å². The zero-order chi connectivity index (χ0) is 7.90.